The molecule has 1 aromatic rings. The topological polar surface area (TPSA) is 80.8 Å². The third-order valence-corrected chi connectivity index (χ3v) is 9.63. The average Bonchev–Trinajstić information content (AvgIpc) is 3.27. The second-order valence-corrected chi connectivity index (χ2v) is 10.4. The third-order valence-electron chi connectivity index (χ3n) is 5.90. The van der Waals surface area contributed by atoms with E-state index in [1.807, 2.05) is 0 Å². The number of nitrogens with zero attached hydrogens (tertiary/aromatic N) is 1. The number of likely N-dealkylation sites (tertiary alicyclic amines) is 1. The van der Waals surface area contributed by atoms with Gasteiger partial charge < -0.3 is 4.74 Å². The minimum Gasteiger partial charge on any atom is -0.456 e. The highest BCUT2D eigenvalue weighted by Crippen LogP contribution is 2.60. The van der Waals surface area contributed by atoms with E-state index in [9.17, 15) is 19.2 Å². The van der Waals surface area contributed by atoms with Gasteiger partial charge in [0, 0.05) is 19.7 Å². The van der Waals surface area contributed by atoms with E-state index < -0.39 is 19.1 Å². The van der Waals surface area contributed by atoms with Gasteiger partial charge in [-0.3, -0.25) is 24.1 Å². The molecule has 28 heavy (non-hydrogen) atoms. The van der Waals surface area contributed by atoms with Crippen molar-refractivity contribution in [3.63, 3.8) is 0 Å². The zero-order chi connectivity index (χ0) is 20.2. The van der Waals surface area contributed by atoms with E-state index in [1.165, 1.54) is 0 Å². The first-order valence-corrected chi connectivity index (χ1v) is 11.5. The van der Waals surface area contributed by atoms with Crippen LogP contribution in [0.4, 0.5) is 0 Å². The van der Waals surface area contributed by atoms with Gasteiger partial charge in [0.15, 0.2) is 12.4 Å². The van der Waals surface area contributed by atoms with Crippen molar-refractivity contribution in [2.45, 2.75) is 16.1 Å². The Kier molecular flexibility index (Phi) is 5.52. The summed E-state index contributed by atoms with van der Waals surface area (Å²) in [6.07, 6.45) is 0.832. The number of amides is 2. The van der Waals surface area contributed by atoms with Crippen molar-refractivity contribution in [1.82, 2.24) is 4.90 Å². The van der Waals surface area contributed by atoms with Gasteiger partial charge in [0.05, 0.1) is 11.8 Å². The summed E-state index contributed by atoms with van der Waals surface area (Å²) in [4.78, 5) is 51.1. The first-order chi connectivity index (χ1) is 13.3. The van der Waals surface area contributed by atoms with E-state index in [0.29, 0.717) is 5.56 Å². The van der Waals surface area contributed by atoms with Gasteiger partial charge in [-0.05, 0) is 30.4 Å². The lowest BCUT2D eigenvalue weighted by Crippen LogP contribution is -2.38. The second kappa shape index (κ2) is 7.65. The summed E-state index contributed by atoms with van der Waals surface area (Å²) in [5, 5.41) is 0. The molecule has 3 aliphatic rings. The molecular weight excluding hydrogens is 562 g/mol. The molecule has 1 aliphatic heterocycles. The van der Waals surface area contributed by atoms with Crippen LogP contribution in [0.15, 0.2) is 28.7 Å². The summed E-state index contributed by atoms with van der Waals surface area (Å²) in [6, 6.07) is 6.69. The summed E-state index contributed by atoms with van der Waals surface area (Å²) < 4.78 is 5.85. The molecule has 1 heterocycles. The van der Waals surface area contributed by atoms with Crippen LogP contribution in [0.25, 0.3) is 0 Å². The number of imide groups is 1. The quantitative estimate of drug-likeness (QED) is 0.233. The Morgan fingerprint density at radius 2 is 1.54 bits per heavy atom. The van der Waals surface area contributed by atoms with Crippen molar-refractivity contribution in [2.24, 2.45) is 23.7 Å². The molecule has 9 heteroatoms. The maximum absolute atomic E-state index is 12.8. The van der Waals surface area contributed by atoms with E-state index >= 15 is 0 Å². The normalized spacial score (nSPS) is 33.3. The lowest BCUT2D eigenvalue weighted by molar-refractivity contribution is -0.152. The van der Waals surface area contributed by atoms with Gasteiger partial charge in [-0.25, -0.2) is 0 Å². The number of esters is 1. The van der Waals surface area contributed by atoms with E-state index in [1.54, 1.807) is 24.3 Å². The van der Waals surface area contributed by atoms with Gasteiger partial charge in [-0.2, -0.15) is 0 Å². The maximum Gasteiger partial charge on any atom is 0.326 e. The molecule has 2 aliphatic carbocycles. The van der Waals surface area contributed by atoms with Crippen LogP contribution < -0.4 is 0 Å². The van der Waals surface area contributed by atoms with Crippen LogP contribution >= 0.6 is 47.8 Å². The zero-order valence-corrected chi connectivity index (χ0v) is 19.3. The smallest absolute Gasteiger partial charge is 0.326 e. The van der Waals surface area contributed by atoms with Crippen molar-refractivity contribution >= 4 is 71.4 Å². The highest BCUT2D eigenvalue weighted by molar-refractivity contribution is 9.12. The van der Waals surface area contributed by atoms with E-state index in [2.05, 4.69) is 47.8 Å². The fourth-order valence-corrected chi connectivity index (χ4v) is 6.74. The SMILES string of the molecule is O=C(CN1C(=O)[C@H]2[C@@H]3C[C@@H]([C@H](Br)[C@@H]3Br)[C@@H]2C1=O)OCC(=O)c1ccc(Br)cc1. The number of carbonyl (C=O) groups excluding carboxylic acids is 4. The number of fused-ring (bicyclic) bond motifs is 5. The number of alkyl halides is 2. The van der Waals surface area contributed by atoms with Gasteiger partial charge >= 0.3 is 5.97 Å². The molecule has 2 saturated carbocycles. The monoisotopic (exact) mass is 575 g/mol. The van der Waals surface area contributed by atoms with Crippen molar-refractivity contribution in [3.8, 4) is 0 Å². The van der Waals surface area contributed by atoms with Crippen molar-refractivity contribution in [3.05, 3.63) is 34.3 Å². The van der Waals surface area contributed by atoms with Crippen LogP contribution in [-0.2, 0) is 19.1 Å². The molecule has 0 spiro atoms. The van der Waals surface area contributed by atoms with Gasteiger partial charge in [0.25, 0.3) is 0 Å². The van der Waals surface area contributed by atoms with Crippen molar-refractivity contribution in [2.75, 3.05) is 13.2 Å². The maximum atomic E-state index is 12.8. The molecule has 2 amide bonds. The summed E-state index contributed by atoms with van der Waals surface area (Å²) in [5.41, 5.74) is 0.419. The standard InChI is InChI=1S/C19H16Br3NO5/c20-9-3-1-8(2-4-9)12(24)7-28-13(25)6-23-18(26)14-10-5-11(15(14)19(23)27)17(22)16(10)21/h1-4,10-11,14-17H,5-7H2/t10-,11+,14-,15-,16+,17-/m0/s1. The van der Waals surface area contributed by atoms with E-state index in [-0.39, 0.29) is 50.9 Å². The first-order valence-electron chi connectivity index (χ1n) is 8.87. The molecule has 0 unspecified atom stereocenters. The minimum absolute atomic E-state index is 0.0934. The third kappa shape index (κ3) is 3.29. The number of rotatable bonds is 5. The van der Waals surface area contributed by atoms with Crippen molar-refractivity contribution in [1.29, 1.82) is 0 Å². The lowest BCUT2D eigenvalue weighted by atomic mass is 9.81. The molecule has 0 radical (unpaired) electrons. The molecule has 1 saturated heterocycles. The lowest BCUT2D eigenvalue weighted by Gasteiger charge is -2.28. The Balaban J connectivity index is 1.36. The predicted molar refractivity (Wildman–Crippen MR) is 110 cm³/mol. The number of ketones is 1. The predicted octanol–water partition coefficient (Wildman–Crippen LogP) is 2.95. The average molecular weight is 578 g/mol. The molecule has 3 fully saturated rings. The molecule has 0 N–H and O–H groups in total. The number of Topliss-reactive ketones (excluding diaryl/α,β-unsaturated/α-hetero) is 1. The first kappa shape index (κ1) is 20.2. The highest BCUT2D eigenvalue weighted by Gasteiger charge is 2.66. The van der Waals surface area contributed by atoms with Crippen LogP contribution in [0.2, 0.25) is 0 Å². The fraction of sp³-hybridized carbons (Fsp3) is 0.474. The Morgan fingerprint density at radius 1 is 1.00 bits per heavy atom. The number of benzene rings is 1. The number of hydrogen-bond donors (Lipinski definition) is 0. The number of carbonyl (C=O) groups is 4. The summed E-state index contributed by atoms with van der Waals surface area (Å²) in [6.45, 7) is -0.876. The Bertz CT molecular complexity index is 826. The van der Waals surface area contributed by atoms with Crippen LogP contribution in [0, 0.1) is 23.7 Å². The summed E-state index contributed by atoms with van der Waals surface area (Å²) >= 11 is 10.5. The molecule has 6 nitrogen and oxygen atoms in total. The minimum atomic E-state index is -0.759. The van der Waals surface area contributed by atoms with Crippen molar-refractivity contribution < 1.29 is 23.9 Å². The van der Waals surface area contributed by atoms with Gasteiger partial charge in [-0.15, -0.1) is 0 Å². The van der Waals surface area contributed by atoms with Crippen LogP contribution in [0.3, 0.4) is 0 Å². The fourth-order valence-electron chi connectivity index (χ4n) is 4.61. The van der Waals surface area contributed by atoms with Gasteiger partial charge in [-0.1, -0.05) is 59.9 Å². The zero-order valence-electron chi connectivity index (χ0n) is 14.5. The molecule has 0 aromatic heterocycles. The molecule has 4 rings (SSSR count). The molecule has 6 atom stereocenters. The van der Waals surface area contributed by atoms with E-state index in [4.69, 9.17) is 4.74 Å². The van der Waals surface area contributed by atoms with Gasteiger partial charge in [0.2, 0.25) is 11.8 Å². The molecule has 2 bridgehead atoms. The highest BCUT2D eigenvalue weighted by atomic mass is 79.9. The molecular formula is C19H16Br3NO5. The van der Waals surface area contributed by atoms with Gasteiger partial charge in [0.1, 0.15) is 6.54 Å². The Labute approximate surface area is 186 Å². The largest absolute Gasteiger partial charge is 0.456 e. The summed E-state index contributed by atoms with van der Waals surface area (Å²) in [5.74, 6) is -2.26. The van der Waals surface area contributed by atoms with Crippen LogP contribution in [-0.4, -0.2) is 51.3 Å². The number of halogens is 3. The summed E-state index contributed by atoms with van der Waals surface area (Å²) in [7, 11) is 0. The van der Waals surface area contributed by atoms with Crippen LogP contribution in [0.5, 0.6) is 0 Å². The second-order valence-electron chi connectivity index (χ2n) is 7.36. The van der Waals surface area contributed by atoms with E-state index in [0.717, 1.165) is 15.8 Å². The Morgan fingerprint density at radius 3 is 2.07 bits per heavy atom. The molecule has 148 valence electrons. The number of ether oxygens (including phenoxy) is 1. The van der Waals surface area contributed by atoms with Crippen LogP contribution in [0.1, 0.15) is 16.8 Å². The molecule has 1 aromatic carbocycles. The number of hydrogen-bond acceptors (Lipinski definition) is 5. The Hall–Kier alpha value is -1.06.